The molecule has 2 aromatic carbocycles. The van der Waals surface area contributed by atoms with Gasteiger partial charge in [-0.25, -0.2) is 0 Å². The van der Waals surface area contributed by atoms with E-state index in [1.807, 2.05) is 12.1 Å². The van der Waals surface area contributed by atoms with Gasteiger partial charge in [0.2, 0.25) is 0 Å². The van der Waals surface area contributed by atoms with Crippen molar-refractivity contribution in [2.45, 2.75) is 20.0 Å². The second-order valence-corrected chi connectivity index (χ2v) is 6.63. The highest BCUT2D eigenvalue weighted by Crippen LogP contribution is 2.29. The molecule has 2 rings (SSSR count). The number of methoxy groups -OCH3 is 1. The number of halogens is 1. The predicted octanol–water partition coefficient (Wildman–Crippen LogP) is 3.77. The van der Waals surface area contributed by atoms with Gasteiger partial charge < -0.3 is 19.9 Å². The van der Waals surface area contributed by atoms with Crippen molar-refractivity contribution in [2.24, 2.45) is 5.92 Å². The van der Waals surface area contributed by atoms with Crippen molar-refractivity contribution in [1.29, 1.82) is 0 Å². The Balaban J connectivity index is 1.98. The molecule has 1 amide bonds. The summed E-state index contributed by atoms with van der Waals surface area (Å²) < 4.78 is 11.1. The molecule has 0 heterocycles. The van der Waals surface area contributed by atoms with Gasteiger partial charge in [-0.3, -0.25) is 9.59 Å². The van der Waals surface area contributed by atoms with Crippen LogP contribution in [0.25, 0.3) is 0 Å². The second kappa shape index (κ2) is 9.83. The van der Waals surface area contributed by atoms with Crippen molar-refractivity contribution in [1.82, 2.24) is 5.32 Å². The molecule has 1 atom stereocenters. The minimum atomic E-state index is -0.888. The average molecular weight is 392 g/mol. The lowest BCUT2D eigenvalue weighted by molar-refractivity contribution is -0.137. The molecular formula is C20H22ClNO5. The molecule has 0 aliphatic heterocycles. The molecule has 0 saturated heterocycles. The van der Waals surface area contributed by atoms with Crippen LogP contribution in [0, 0.1) is 5.92 Å². The summed E-state index contributed by atoms with van der Waals surface area (Å²) in [7, 11) is 1.50. The highest BCUT2D eigenvalue weighted by molar-refractivity contribution is 6.30. The summed E-state index contributed by atoms with van der Waals surface area (Å²) in [6, 6.07) is 12.2. The van der Waals surface area contributed by atoms with Crippen molar-refractivity contribution in [3.8, 4) is 11.5 Å². The Morgan fingerprint density at radius 3 is 2.48 bits per heavy atom. The summed E-state index contributed by atoms with van der Waals surface area (Å²) >= 11 is 5.87. The molecule has 0 saturated carbocycles. The van der Waals surface area contributed by atoms with Gasteiger partial charge >= 0.3 is 5.97 Å². The first-order valence-corrected chi connectivity index (χ1v) is 8.82. The molecular weight excluding hydrogens is 370 g/mol. The third-order valence-corrected chi connectivity index (χ3v) is 4.12. The van der Waals surface area contributed by atoms with E-state index in [2.05, 4.69) is 5.32 Å². The van der Waals surface area contributed by atoms with Gasteiger partial charge in [-0.2, -0.15) is 0 Å². The van der Waals surface area contributed by atoms with E-state index >= 15 is 0 Å². The second-order valence-electron chi connectivity index (χ2n) is 6.19. The SMILES string of the molecule is COc1cc(C(=O)NCC(C)CC(=O)O)ccc1OCc1ccc(Cl)cc1. The van der Waals surface area contributed by atoms with E-state index in [1.54, 1.807) is 37.3 Å². The summed E-state index contributed by atoms with van der Waals surface area (Å²) in [5, 5.41) is 12.1. The lowest BCUT2D eigenvalue weighted by atomic mass is 10.1. The van der Waals surface area contributed by atoms with Crippen LogP contribution in [0.3, 0.4) is 0 Å². The molecule has 6 nitrogen and oxygen atoms in total. The van der Waals surface area contributed by atoms with E-state index < -0.39 is 5.97 Å². The third-order valence-electron chi connectivity index (χ3n) is 3.87. The van der Waals surface area contributed by atoms with Crippen LogP contribution >= 0.6 is 11.6 Å². The Bertz CT molecular complexity index is 791. The molecule has 0 aliphatic rings. The molecule has 0 spiro atoms. The first kappa shape index (κ1) is 20.6. The summed E-state index contributed by atoms with van der Waals surface area (Å²) in [5.41, 5.74) is 1.36. The first-order valence-electron chi connectivity index (χ1n) is 8.44. The van der Waals surface area contributed by atoms with Crippen LogP contribution in [0.5, 0.6) is 11.5 Å². The summed E-state index contributed by atoms with van der Waals surface area (Å²) in [4.78, 5) is 22.9. The number of nitrogens with one attached hydrogen (secondary N) is 1. The maximum absolute atomic E-state index is 12.3. The number of hydrogen-bond acceptors (Lipinski definition) is 4. The molecule has 7 heteroatoms. The van der Waals surface area contributed by atoms with Crippen molar-refractivity contribution >= 4 is 23.5 Å². The number of amides is 1. The van der Waals surface area contributed by atoms with Crippen LogP contribution in [0.2, 0.25) is 5.02 Å². The van der Waals surface area contributed by atoms with Gasteiger partial charge in [0.25, 0.3) is 5.91 Å². The molecule has 0 radical (unpaired) electrons. The Labute approximate surface area is 163 Å². The standard InChI is InChI=1S/C20H22ClNO5/c1-13(9-19(23)24)11-22-20(25)15-5-8-17(18(10-15)26-2)27-12-14-3-6-16(21)7-4-14/h3-8,10,13H,9,11-12H2,1-2H3,(H,22,25)(H,23,24). The Morgan fingerprint density at radius 1 is 1.15 bits per heavy atom. The fourth-order valence-corrected chi connectivity index (χ4v) is 2.54. The zero-order valence-corrected chi connectivity index (χ0v) is 16.0. The summed E-state index contributed by atoms with van der Waals surface area (Å²) in [6.45, 7) is 2.39. The largest absolute Gasteiger partial charge is 0.493 e. The molecule has 2 N–H and O–H groups in total. The first-order chi connectivity index (χ1) is 12.9. The molecule has 0 aromatic heterocycles. The van der Waals surface area contributed by atoms with Gasteiger partial charge in [-0.15, -0.1) is 0 Å². The molecule has 0 bridgehead atoms. The number of hydrogen-bond donors (Lipinski definition) is 2. The maximum Gasteiger partial charge on any atom is 0.303 e. The average Bonchev–Trinajstić information content (AvgIpc) is 2.65. The Kier molecular flexibility index (Phi) is 7.49. The number of rotatable bonds is 9. The number of ether oxygens (including phenoxy) is 2. The van der Waals surface area contributed by atoms with Crippen LogP contribution in [0.1, 0.15) is 29.3 Å². The maximum atomic E-state index is 12.3. The Hall–Kier alpha value is -2.73. The van der Waals surface area contributed by atoms with Gasteiger partial charge in [-0.1, -0.05) is 30.7 Å². The number of carbonyl (C=O) groups is 2. The smallest absolute Gasteiger partial charge is 0.303 e. The van der Waals surface area contributed by atoms with E-state index in [-0.39, 0.29) is 24.8 Å². The zero-order valence-electron chi connectivity index (χ0n) is 15.2. The minimum absolute atomic E-state index is 0.00107. The van der Waals surface area contributed by atoms with E-state index in [1.165, 1.54) is 7.11 Å². The van der Waals surface area contributed by atoms with E-state index in [9.17, 15) is 9.59 Å². The van der Waals surface area contributed by atoms with Crippen LogP contribution < -0.4 is 14.8 Å². The number of aliphatic carboxylic acids is 1. The van der Waals surface area contributed by atoms with Crippen LogP contribution in [-0.2, 0) is 11.4 Å². The summed E-state index contributed by atoms with van der Waals surface area (Å²) in [5.74, 6) is -0.385. The van der Waals surface area contributed by atoms with Gasteiger partial charge in [0.05, 0.1) is 7.11 Å². The topological polar surface area (TPSA) is 84.9 Å². The number of carbonyl (C=O) groups excluding carboxylic acids is 1. The van der Waals surface area contributed by atoms with Gasteiger partial charge in [-0.05, 0) is 41.8 Å². The fourth-order valence-electron chi connectivity index (χ4n) is 2.41. The number of benzene rings is 2. The van der Waals surface area contributed by atoms with Crippen LogP contribution in [0.15, 0.2) is 42.5 Å². The van der Waals surface area contributed by atoms with Crippen LogP contribution in [0.4, 0.5) is 0 Å². The number of carboxylic acid groups (broad SMARTS) is 1. The molecule has 144 valence electrons. The van der Waals surface area contributed by atoms with Crippen molar-refractivity contribution < 1.29 is 24.2 Å². The van der Waals surface area contributed by atoms with Crippen molar-refractivity contribution in [2.75, 3.05) is 13.7 Å². The normalized spacial score (nSPS) is 11.5. The highest BCUT2D eigenvalue weighted by atomic mass is 35.5. The molecule has 27 heavy (non-hydrogen) atoms. The van der Waals surface area contributed by atoms with E-state index in [4.69, 9.17) is 26.2 Å². The van der Waals surface area contributed by atoms with E-state index in [0.717, 1.165) is 5.56 Å². The molecule has 2 aromatic rings. The molecule has 1 unspecified atom stereocenters. The fraction of sp³-hybridized carbons (Fsp3) is 0.300. The molecule has 0 fully saturated rings. The Morgan fingerprint density at radius 2 is 1.85 bits per heavy atom. The third kappa shape index (κ3) is 6.49. The van der Waals surface area contributed by atoms with Crippen molar-refractivity contribution in [3.63, 3.8) is 0 Å². The zero-order chi connectivity index (χ0) is 19.8. The van der Waals surface area contributed by atoms with Gasteiger partial charge in [0, 0.05) is 23.6 Å². The lowest BCUT2D eigenvalue weighted by Crippen LogP contribution is -2.29. The monoisotopic (exact) mass is 391 g/mol. The van der Waals surface area contributed by atoms with Crippen LogP contribution in [-0.4, -0.2) is 30.6 Å². The van der Waals surface area contributed by atoms with Crippen molar-refractivity contribution in [3.05, 3.63) is 58.6 Å². The molecule has 0 aliphatic carbocycles. The minimum Gasteiger partial charge on any atom is -0.493 e. The van der Waals surface area contributed by atoms with Gasteiger partial charge in [0.1, 0.15) is 6.61 Å². The predicted molar refractivity (Wildman–Crippen MR) is 103 cm³/mol. The highest BCUT2D eigenvalue weighted by Gasteiger charge is 2.13. The quantitative estimate of drug-likeness (QED) is 0.679. The lowest BCUT2D eigenvalue weighted by Gasteiger charge is -2.13. The number of carboxylic acids is 1. The van der Waals surface area contributed by atoms with Gasteiger partial charge in [0.15, 0.2) is 11.5 Å². The summed E-state index contributed by atoms with van der Waals surface area (Å²) in [6.07, 6.45) is 0.00107. The van der Waals surface area contributed by atoms with E-state index in [0.29, 0.717) is 28.7 Å².